The minimum atomic E-state index is -1.26. The number of ether oxygens (including phenoxy) is 1. The summed E-state index contributed by atoms with van der Waals surface area (Å²) >= 11 is 0. The van der Waals surface area contributed by atoms with Crippen molar-refractivity contribution in [2.24, 2.45) is 0 Å². The largest absolute Gasteiger partial charge is 0.465 e. The lowest BCUT2D eigenvalue weighted by molar-refractivity contribution is -0.147. The highest BCUT2D eigenvalue weighted by Crippen LogP contribution is 2.08. The Bertz CT molecular complexity index is 210. The van der Waals surface area contributed by atoms with E-state index in [0.717, 1.165) is 6.42 Å². The van der Waals surface area contributed by atoms with Crippen molar-refractivity contribution >= 4 is 5.97 Å². The van der Waals surface area contributed by atoms with E-state index in [-0.39, 0.29) is 6.61 Å². The van der Waals surface area contributed by atoms with Crippen LogP contribution in [0, 0.1) is 0 Å². The third kappa shape index (κ3) is 4.99. The van der Waals surface area contributed by atoms with Gasteiger partial charge < -0.3 is 20.1 Å². The Labute approximate surface area is 102 Å². The first-order chi connectivity index (χ1) is 8.09. The van der Waals surface area contributed by atoms with Gasteiger partial charge in [0.05, 0.1) is 32.0 Å². The zero-order valence-electron chi connectivity index (χ0n) is 10.5. The number of esters is 1. The highest BCUT2D eigenvalue weighted by atomic mass is 16.5. The average Bonchev–Trinajstić information content (AvgIpc) is 2.35. The molecule has 0 saturated heterocycles. The molecule has 0 aromatic carbocycles. The molecule has 0 spiro atoms. The van der Waals surface area contributed by atoms with Crippen molar-refractivity contribution in [1.29, 1.82) is 0 Å². The van der Waals surface area contributed by atoms with Crippen molar-refractivity contribution < 1.29 is 24.9 Å². The second-order valence-corrected chi connectivity index (χ2v) is 3.99. The van der Waals surface area contributed by atoms with Crippen LogP contribution in [0.15, 0.2) is 0 Å². The van der Waals surface area contributed by atoms with E-state index in [4.69, 9.17) is 4.74 Å². The number of aliphatic hydroxyl groups excluding tert-OH is 3. The number of hydrogen-bond donors (Lipinski definition) is 4. The Morgan fingerprint density at radius 1 is 1.24 bits per heavy atom. The monoisotopic (exact) mass is 249 g/mol. The van der Waals surface area contributed by atoms with Crippen molar-refractivity contribution in [2.45, 2.75) is 38.3 Å². The SMILES string of the molecule is CCCC(NC(CO)(CO)CO)C(=O)OCC. The molecule has 0 saturated carbocycles. The molecule has 0 aromatic rings. The van der Waals surface area contributed by atoms with Gasteiger partial charge in [-0.15, -0.1) is 0 Å². The topological polar surface area (TPSA) is 99.0 Å². The standard InChI is InChI=1S/C11H23NO5/c1-3-5-9(10(16)17-4-2)12-11(6-13,7-14)8-15/h9,12-15H,3-8H2,1-2H3. The molecule has 1 unspecified atom stereocenters. The van der Waals surface area contributed by atoms with Crippen LogP contribution in [0.25, 0.3) is 0 Å². The first-order valence-electron chi connectivity index (χ1n) is 5.86. The van der Waals surface area contributed by atoms with E-state index in [1.54, 1.807) is 6.92 Å². The van der Waals surface area contributed by atoms with Gasteiger partial charge in [0.25, 0.3) is 0 Å². The third-order valence-corrected chi connectivity index (χ3v) is 2.54. The molecule has 17 heavy (non-hydrogen) atoms. The fourth-order valence-corrected chi connectivity index (χ4v) is 1.44. The van der Waals surface area contributed by atoms with E-state index < -0.39 is 37.4 Å². The van der Waals surface area contributed by atoms with Crippen molar-refractivity contribution in [1.82, 2.24) is 5.32 Å². The molecule has 0 bridgehead atoms. The molecule has 0 fully saturated rings. The molecule has 0 rings (SSSR count). The Morgan fingerprint density at radius 2 is 1.76 bits per heavy atom. The Hall–Kier alpha value is -0.690. The minimum Gasteiger partial charge on any atom is -0.465 e. The van der Waals surface area contributed by atoms with Crippen LogP contribution in [0.4, 0.5) is 0 Å². The molecule has 0 aromatic heterocycles. The van der Waals surface area contributed by atoms with Gasteiger partial charge in [0, 0.05) is 0 Å². The number of nitrogens with one attached hydrogen (secondary N) is 1. The fraction of sp³-hybridized carbons (Fsp3) is 0.909. The van der Waals surface area contributed by atoms with E-state index in [1.807, 2.05) is 6.92 Å². The lowest BCUT2D eigenvalue weighted by Gasteiger charge is -2.32. The normalized spacial score (nSPS) is 13.5. The Morgan fingerprint density at radius 3 is 2.12 bits per heavy atom. The van der Waals surface area contributed by atoms with E-state index >= 15 is 0 Å². The summed E-state index contributed by atoms with van der Waals surface area (Å²) in [5.41, 5.74) is -1.26. The van der Waals surface area contributed by atoms with Crippen LogP contribution in [-0.4, -0.2) is 59.3 Å². The zero-order chi connectivity index (χ0) is 13.3. The molecule has 0 amide bonds. The van der Waals surface area contributed by atoms with Crippen LogP contribution >= 0.6 is 0 Å². The molecular formula is C11H23NO5. The summed E-state index contributed by atoms with van der Waals surface area (Å²) in [4.78, 5) is 11.6. The molecule has 6 heteroatoms. The second kappa shape index (κ2) is 8.41. The molecule has 102 valence electrons. The van der Waals surface area contributed by atoms with Gasteiger partial charge in [0.1, 0.15) is 6.04 Å². The number of carbonyl (C=O) groups is 1. The predicted molar refractivity (Wildman–Crippen MR) is 62.5 cm³/mol. The van der Waals surface area contributed by atoms with E-state index in [0.29, 0.717) is 6.42 Å². The van der Waals surface area contributed by atoms with Gasteiger partial charge in [0.15, 0.2) is 0 Å². The van der Waals surface area contributed by atoms with Gasteiger partial charge in [0.2, 0.25) is 0 Å². The summed E-state index contributed by atoms with van der Waals surface area (Å²) in [6.45, 7) is 2.51. The Balaban J connectivity index is 4.65. The molecular weight excluding hydrogens is 226 g/mol. The smallest absolute Gasteiger partial charge is 0.323 e. The maximum Gasteiger partial charge on any atom is 0.323 e. The molecule has 4 N–H and O–H groups in total. The van der Waals surface area contributed by atoms with Gasteiger partial charge >= 0.3 is 5.97 Å². The second-order valence-electron chi connectivity index (χ2n) is 3.99. The lowest BCUT2D eigenvalue weighted by atomic mass is 10.00. The first kappa shape index (κ1) is 16.3. The summed E-state index contributed by atoms with van der Waals surface area (Å²) in [6, 6.07) is -0.633. The molecule has 0 aliphatic heterocycles. The molecule has 0 aliphatic rings. The number of rotatable bonds is 9. The van der Waals surface area contributed by atoms with Crippen LogP contribution < -0.4 is 5.32 Å². The maximum atomic E-state index is 11.6. The van der Waals surface area contributed by atoms with Crippen LogP contribution in [0.5, 0.6) is 0 Å². The number of carbonyl (C=O) groups excluding carboxylic acids is 1. The molecule has 0 radical (unpaired) electrons. The maximum absolute atomic E-state index is 11.6. The summed E-state index contributed by atoms with van der Waals surface area (Å²) in [7, 11) is 0. The average molecular weight is 249 g/mol. The fourth-order valence-electron chi connectivity index (χ4n) is 1.44. The summed E-state index contributed by atoms with van der Waals surface area (Å²) in [5.74, 6) is -0.436. The molecule has 0 heterocycles. The summed E-state index contributed by atoms with van der Waals surface area (Å²) in [5, 5.41) is 30.3. The van der Waals surface area contributed by atoms with Crippen LogP contribution in [-0.2, 0) is 9.53 Å². The van der Waals surface area contributed by atoms with Gasteiger partial charge in [-0.2, -0.15) is 0 Å². The van der Waals surface area contributed by atoms with Gasteiger partial charge in [-0.25, -0.2) is 0 Å². The van der Waals surface area contributed by atoms with Gasteiger partial charge in [-0.1, -0.05) is 13.3 Å². The van der Waals surface area contributed by atoms with Gasteiger partial charge in [-0.3, -0.25) is 10.1 Å². The van der Waals surface area contributed by atoms with Gasteiger partial charge in [-0.05, 0) is 13.3 Å². The van der Waals surface area contributed by atoms with Crippen molar-refractivity contribution in [3.8, 4) is 0 Å². The Kier molecular flexibility index (Phi) is 8.07. The quantitative estimate of drug-likeness (QED) is 0.392. The predicted octanol–water partition coefficient (Wildman–Crippen LogP) is -0.976. The van der Waals surface area contributed by atoms with Crippen molar-refractivity contribution in [3.05, 3.63) is 0 Å². The first-order valence-corrected chi connectivity index (χ1v) is 5.86. The third-order valence-electron chi connectivity index (χ3n) is 2.54. The van der Waals surface area contributed by atoms with E-state index in [2.05, 4.69) is 5.32 Å². The van der Waals surface area contributed by atoms with Crippen LogP contribution in [0.2, 0.25) is 0 Å². The molecule has 1 atom stereocenters. The van der Waals surface area contributed by atoms with E-state index in [9.17, 15) is 20.1 Å². The summed E-state index contributed by atoms with van der Waals surface area (Å²) < 4.78 is 4.89. The number of aliphatic hydroxyl groups is 3. The zero-order valence-corrected chi connectivity index (χ0v) is 10.5. The van der Waals surface area contributed by atoms with Crippen molar-refractivity contribution in [2.75, 3.05) is 26.4 Å². The summed E-state index contributed by atoms with van der Waals surface area (Å²) in [6.07, 6.45) is 1.26. The highest BCUT2D eigenvalue weighted by Gasteiger charge is 2.33. The van der Waals surface area contributed by atoms with E-state index in [1.165, 1.54) is 0 Å². The van der Waals surface area contributed by atoms with Crippen LogP contribution in [0.3, 0.4) is 0 Å². The van der Waals surface area contributed by atoms with Crippen LogP contribution in [0.1, 0.15) is 26.7 Å². The minimum absolute atomic E-state index is 0.269. The lowest BCUT2D eigenvalue weighted by Crippen LogP contribution is -2.60. The highest BCUT2D eigenvalue weighted by molar-refractivity contribution is 5.75. The number of hydrogen-bond acceptors (Lipinski definition) is 6. The van der Waals surface area contributed by atoms with Crippen molar-refractivity contribution in [3.63, 3.8) is 0 Å². The molecule has 6 nitrogen and oxygen atoms in total. The molecule has 0 aliphatic carbocycles.